The highest BCUT2D eigenvalue weighted by Crippen LogP contribution is 2.45. The predicted molar refractivity (Wildman–Crippen MR) is 158 cm³/mol. The second-order valence-electron chi connectivity index (χ2n) is 11.1. The number of carboxylic acid groups (broad SMARTS) is 1. The number of aliphatic carboxylic acids is 1. The molecule has 3 heterocycles. The van der Waals surface area contributed by atoms with E-state index in [1.54, 1.807) is 0 Å². The lowest BCUT2D eigenvalue weighted by Gasteiger charge is -2.29. The third-order valence-electron chi connectivity index (χ3n) is 7.18. The number of pyridine rings is 2. The third kappa shape index (κ3) is 4.67. The van der Waals surface area contributed by atoms with Crippen molar-refractivity contribution in [3.63, 3.8) is 0 Å². The van der Waals surface area contributed by atoms with Crippen LogP contribution in [0.3, 0.4) is 0 Å². The number of hydrogen-bond acceptors (Lipinski definition) is 5. The number of nitrogens with zero attached hydrogens (tertiary/aromatic N) is 2. The quantitative estimate of drug-likeness (QED) is 0.238. The molecule has 1 unspecified atom stereocenters. The van der Waals surface area contributed by atoms with Gasteiger partial charge in [0.05, 0.1) is 28.9 Å². The topological polar surface area (TPSA) is 81.5 Å². The van der Waals surface area contributed by atoms with Crippen LogP contribution in [-0.2, 0) is 16.0 Å². The van der Waals surface area contributed by atoms with Gasteiger partial charge in [-0.1, -0.05) is 29.8 Å². The fraction of sp³-hybridized carbons (Fsp3) is 0.242. The van der Waals surface area contributed by atoms with Crippen molar-refractivity contribution < 1.29 is 19.4 Å². The minimum absolute atomic E-state index is 0.593. The molecule has 2 aromatic heterocycles. The largest absolute Gasteiger partial charge is 0.493 e. The van der Waals surface area contributed by atoms with Gasteiger partial charge in [0.25, 0.3) is 0 Å². The number of benzene rings is 3. The van der Waals surface area contributed by atoms with Crippen molar-refractivity contribution in [2.45, 2.75) is 45.8 Å². The fourth-order valence-electron chi connectivity index (χ4n) is 5.52. The molecule has 0 fully saturated rings. The summed E-state index contributed by atoms with van der Waals surface area (Å²) in [5, 5.41) is 12.9. The first-order chi connectivity index (χ1) is 19.1. The van der Waals surface area contributed by atoms with Gasteiger partial charge in [0, 0.05) is 45.1 Å². The van der Waals surface area contributed by atoms with Gasteiger partial charge in [-0.25, -0.2) is 9.78 Å². The number of hydrogen-bond donors (Lipinski definition) is 1. The molecule has 40 heavy (non-hydrogen) atoms. The molecule has 1 atom stereocenters. The fourth-order valence-corrected chi connectivity index (χ4v) is 5.65. The zero-order valence-corrected chi connectivity index (χ0v) is 23.5. The normalized spacial score (nSPS) is 13.8. The number of carboxylic acids is 1. The van der Waals surface area contributed by atoms with Crippen LogP contribution in [0.25, 0.3) is 44.2 Å². The van der Waals surface area contributed by atoms with Crippen molar-refractivity contribution in [2.75, 3.05) is 6.61 Å². The van der Waals surface area contributed by atoms with Crippen LogP contribution in [0.15, 0.2) is 66.9 Å². The molecular formula is C33H29ClN2O4. The lowest BCUT2D eigenvalue weighted by Crippen LogP contribution is -2.28. The average molecular weight is 553 g/mol. The minimum Gasteiger partial charge on any atom is -0.493 e. The summed E-state index contributed by atoms with van der Waals surface area (Å²) in [7, 11) is 0. The maximum absolute atomic E-state index is 12.8. The first-order valence-corrected chi connectivity index (χ1v) is 13.6. The Kier molecular flexibility index (Phi) is 6.48. The van der Waals surface area contributed by atoms with E-state index in [0.717, 1.165) is 67.5 Å². The molecule has 0 saturated carbocycles. The third-order valence-corrected chi connectivity index (χ3v) is 7.43. The van der Waals surface area contributed by atoms with Crippen molar-refractivity contribution in [2.24, 2.45) is 0 Å². The van der Waals surface area contributed by atoms with Gasteiger partial charge in [0.15, 0.2) is 6.10 Å². The van der Waals surface area contributed by atoms with Gasteiger partial charge in [0.1, 0.15) is 5.75 Å². The zero-order valence-electron chi connectivity index (χ0n) is 22.8. The Bertz CT molecular complexity index is 1780. The Balaban J connectivity index is 1.69. The monoisotopic (exact) mass is 552 g/mol. The Hall–Kier alpha value is -4.00. The molecular weight excluding hydrogens is 524 g/mol. The van der Waals surface area contributed by atoms with E-state index in [-0.39, 0.29) is 0 Å². The molecule has 0 amide bonds. The summed E-state index contributed by atoms with van der Waals surface area (Å²) in [6.45, 7) is 8.11. The highest BCUT2D eigenvalue weighted by molar-refractivity contribution is 6.30. The van der Waals surface area contributed by atoms with E-state index in [2.05, 4.69) is 0 Å². The maximum atomic E-state index is 12.8. The van der Waals surface area contributed by atoms with Gasteiger partial charge in [-0.2, -0.15) is 0 Å². The number of aromatic nitrogens is 2. The van der Waals surface area contributed by atoms with Crippen LogP contribution in [0.2, 0.25) is 5.02 Å². The first kappa shape index (κ1) is 26.2. The molecule has 0 radical (unpaired) electrons. The minimum atomic E-state index is -1.20. The Labute approximate surface area is 237 Å². The maximum Gasteiger partial charge on any atom is 0.337 e. The van der Waals surface area contributed by atoms with Gasteiger partial charge < -0.3 is 14.6 Å². The van der Waals surface area contributed by atoms with Crippen molar-refractivity contribution in [1.29, 1.82) is 0 Å². The van der Waals surface area contributed by atoms with Crippen LogP contribution < -0.4 is 4.74 Å². The molecule has 0 spiro atoms. The van der Waals surface area contributed by atoms with E-state index in [4.69, 9.17) is 31.0 Å². The zero-order chi connectivity index (χ0) is 28.2. The number of carbonyl (C=O) groups is 1. The molecule has 202 valence electrons. The van der Waals surface area contributed by atoms with Crippen LogP contribution in [-0.4, -0.2) is 33.3 Å². The van der Waals surface area contributed by atoms with Gasteiger partial charge in [-0.3, -0.25) is 4.98 Å². The van der Waals surface area contributed by atoms with Crippen molar-refractivity contribution in [1.82, 2.24) is 9.97 Å². The molecule has 1 aliphatic heterocycles. The number of fused-ring (bicyclic) bond motifs is 1. The van der Waals surface area contributed by atoms with E-state index in [9.17, 15) is 9.90 Å². The summed E-state index contributed by atoms with van der Waals surface area (Å²) in [6, 6.07) is 19.4. The molecule has 6 nitrogen and oxygen atoms in total. The van der Waals surface area contributed by atoms with Crippen molar-refractivity contribution in [3.05, 3.63) is 88.6 Å². The van der Waals surface area contributed by atoms with E-state index in [1.807, 2.05) is 94.6 Å². The molecule has 0 aliphatic carbocycles. The van der Waals surface area contributed by atoms with E-state index >= 15 is 0 Å². The number of halogens is 1. The molecule has 1 N–H and O–H groups in total. The summed E-state index contributed by atoms with van der Waals surface area (Å²) >= 11 is 6.11. The van der Waals surface area contributed by atoms with Crippen molar-refractivity contribution >= 4 is 39.4 Å². The average Bonchev–Trinajstić information content (AvgIpc) is 2.91. The Morgan fingerprint density at radius 1 is 1.07 bits per heavy atom. The molecule has 3 aromatic carbocycles. The lowest BCUT2D eigenvalue weighted by atomic mass is 9.86. The van der Waals surface area contributed by atoms with Crippen LogP contribution in [0.4, 0.5) is 0 Å². The number of rotatable bonds is 5. The predicted octanol–water partition coefficient (Wildman–Crippen LogP) is 7.95. The van der Waals surface area contributed by atoms with Gasteiger partial charge in [0.2, 0.25) is 0 Å². The lowest BCUT2D eigenvalue weighted by molar-refractivity contribution is -0.160. The molecule has 7 heteroatoms. The molecule has 6 rings (SSSR count). The summed E-state index contributed by atoms with van der Waals surface area (Å²) < 4.78 is 12.2. The highest BCUT2D eigenvalue weighted by atomic mass is 35.5. The summed E-state index contributed by atoms with van der Waals surface area (Å²) in [5.41, 5.74) is 6.67. The Morgan fingerprint density at radius 3 is 2.58 bits per heavy atom. The van der Waals surface area contributed by atoms with E-state index in [1.165, 1.54) is 0 Å². The SMILES string of the molecule is Cc1cc2nc(-c3ccc(Cl)cc3)ccc2c(-c2ccc3c4c(ccnc24)CCO3)c1C(OC(C)(C)C)C(=O)O. The van der Waals surface area contributed by atoms with Gasteiger partial charge >= 0.3 is 5.97 Å². The molecule has 1 aliphatic rings. The van der Waals surface area contributed by atoms with Crippen LogP contribution in [0.5, 0.6) is 5.75 Å². The number of aryl methyl sites for hydroxylation is 1. The Morgan fingerprint density at radius 2 is 1.85 bits per heavy atom. The molecule has 5 aromatic rings. The smallest absolute Gasteiger partial charge is 0.337 e. The van der Waals surface area contributed by atoms with Crippen molar-refractivity contribution in [3.8, 4) is 28.1 Å². The molecule has 0 saturated heterocycles. The summed E-state index contributed by atoms with van der Waals surface area (Å²) in [5.74, 6) is -0.265. The highest BCUT2D eigenvalue weighted by Gasteiger charge is 2.33. The second kappa shape index (κ2) is 9.88. The van der Waals surface area contributed by atoms with Crippen LogP contribution in [0, 0.1) is 6.92 Å². The van der Waals surface area contributed by atoms with E-state index < -0.39 is 17.7 Å². The van der Waals surface area contributed by atoms with E-state index in [0.29, 0.717) is 17.2 Å². The van der Waals surface area contributed by atoms with Crippen LogP contribution >= 0.6 is 11.6 Å². The second-order valence-corrected chi connectivity index (χ2v) is 11.5. The van der Waals surface area contributed by atoms with Crippen LogP contribution in [0.1, 0.15) is 43.6 Å². The van der Waals surface area contributed by atoms with Gasteiger partial charge in [-0.15, -0.1) is 0 Å². The summed E-state index contributed by atoms with van der Waals surface area (Å²) in [6.07, 6.45) is 1.40. The molecule has 0 bridgehead atoms. The first-order valence-electron chi connectivity index (χ1n) is 13.3. The summed E-state index contributed by atoms with van der Waals surface area (Å²) in [4.78, 5) is 22.6. The number of ether oxygens (including phenoxy) is 2. The van der Waals surface area contributed by atoms with Gasteiger partial charge in [-0.05, 0) is 86.8 Å². The standard InChI is InChI=1S/C33H29ClN2O4/c1-18-17-25-22(9-11-24(36-25)19-5-7-21(34)8-6-19)29(27(18)31(32(37)38)40-33(2,3)4)23-10-12-26-28-20(14-16-39-26)13-15-35-30(23)28/h5-13,15,17,31H,14,16H2,1-4H3,(H,37,38).